The van der Waals surface area contributed by atoms with Crippen molar-refractivity contribution < 1.29 is 13.9 Å². The molecule has 1 heterocycles. The summed E-state index contributed by atoms with van der Waals surface area (Å²) < 4.78 is 19.0. The van der Waals surface area contributed by atoms with E-state index in [1.54, 1.807) is 6.07 Å². The van der Waals surface area contributed by atoms with Crippen LogP contribution in [0.25, 0.3) is 0 Å². The second-order valence-electron chi connectivity index (χ2n) is 3.82. The molecule has 0 aliphatic carbocycles. The highest BCUT2D eigenvalue weighted by Gasteiger charge is 2.25. The van der Waals surface area contributed by atoms with Crippen LogP contribution < -0.4 is 0 Å². The first-order valence-electron chi connectivity index (χ1n) is 5.07. The molecule has 0 bridgehead atoms. The SMILES string of the molecule is Cc1cccc(F)c1C1CC(=O)CCO1. The van der Waals surface area contributed by atoms with Crippen molar-refractivity contribution in [3.63, 3.8) is 0 Å². The van der Waals surface area contributed by atoms with Gasteiger partial charge in [-0.15, -0.1) is 0 Å². The lowest BCUT2D eigenvalue weighted by Crippen LogP contribution is -2.20. The Bertz CT molecular complexity index is 367. The van der Waals surface area contributed by atoms with E-state index in [1.807, 2.05) is 13.0 Å². The molecule has 1 aromatic carbocycles. The zero-order valence-corrected chi connectivity index (χ0v) is 8.63. The van der Waals surface area contributed by atoms with E-state index in [0.717, 1.165) is 5.56 Å². The normalized spacial score (nSPS) is 21.7. The van der Waals surface area contributed by atoms with Crippen LogP contribution in [-0.4, -0.2) is 12.4 Å². The first-order valence-corrected chi connectivity index (χ1v) is 5.07. The van der Waals surface area contributed by atoms with E-state index < -0.39 is 6.10 Å². The molecule has 1 fully saturated rings. The summed E-state index contributed by atoms with van der Waals surface area (Å²) in [5.41, 5.74) is 1.38. The third kappa shape index (κ3) is 2.07. The fraction of sp³-hybridized carbons (Fsp3) is 0.417. The van der Waals surface area contributed by atoms with Gasteiger partial charge in [0.05, 0.1) is 12.7 Å². The fourth-order valence-corrected chi connectivity index (χ4v) is 1.92. The third-order valence-electron chi connectivity index (χ3n) is 2.71. The van der Waals surface area contributed by atoms with Gasteiger partial charge in [-0.25, -0.2) is 4.39 Å². The molecule has 0 amide bonds. The Morgan fingerprint density at radius 1 is 1.47 bits per heavy atom. The molecule has 1 unspecified atom stereocenters. The summed E-state index contributed by atoms with van der Waals surface area (Å²) in [6.07, 6.45) is 0.346. The van der Waals surface area contributed by atoms with E-state index >= 15 is 0 Å². The maximum atomic E-state index is 13.6. The highest BCUT2D eigenvalue weighted by atomic mass is 19.1. The molecule has 3 heteroatoms. The van der Waals surface area contributed by atoms with Gasteiger partial charge in [-0.3, -0.25) is 4.79 Å². The van der Waals surface area contributed by atoms with Crippen molar-refractivity contribution in [3.05, 3.63) is 35.1 Å². The Morgan fingerprint density at radius 3 is 2.93 bits per heavy atom. The molecule has 0 radical (unpaired) electrons. The summed E-state index contributed by atoms with van der Waals surface area (Å²) in [5.74, 6) is -0.136. The van der Waals surface area contributed by atoms with Gasteiger partial charge >= 0.3 is 0 Å². The lowest BCUT2D eigenvalue weighted by Gasteiger charge is -2.23. The van der Waals surface area contributed by atoms with E-state index in [2.05, 4.69) is 0 Å². The van der Waals surface area contributed by atoms with E-state index in [0.29, 0.717) is 25.0 Å². The Labute approximate surface area is 88.1 Å². The molecule has 1 atom stereocenters. The second-order valence-corrected chi connectivity index (χ2v) is 3.82. The topological polar surface area (TPSA) is 26.3 Å². The maximum absolute atomic E-state index is 13.6. The average molecular weight is 208 g/mol. The second kappa shape index (κ2) is 4.11. The predicted molar refractivity (Wildman–Crippen MR) is 54.1 cm³/mol. The van der Waals surface area contributed by atoms with Gasteiger partial charge in [0.2, 0.25) is 0 Å². The number of Topliss-reactive ketones (excluding diaryl/α,β-unsaturated/α-hetero) is 1. The van der Waals surface area contributed by atoms with Crippen LogP contribution in [0, 0.1) is 12.7 Å². The van der Waals surface area contributed by atoms with Crippen molar-refractivity contribution in [2.24, 2.45) is 0 Å². The molecule has 1 aliphatic rings. The third-order valence-corrected chi connectivity index (χ3v) is 2.71. The quantitative estimate of drug-likeness (QED) is 0.709. The molecule has 0 aromatic heterocycles. The van der Waals surface area contributed by atoms with Crippen LogP contribution in [0.1, 0.15) is 30.1 Å². The first kappa shape index (κ1) is 10.3. The summed E-state index contributed by atoms with van der Waals surface area (Å²) in [7, 11) is 0. The van der Waals surface area contributed by atoms with Crippen molar-refractivity contribution in [2.45, 2.75) is 25.9 Å². The van der Waals surface area contributed by atoms with Crippen molar-refractivity contribution >= 4 is 5.78 Å². The Balaban J connectivity index is 2.32. The molecule has 2 nitrogen and oxygen atoms in total. The first-order chi connectivity index (χ1) is 7.18. The molecule has 80 valence electrons. The van der Waals surface area contributed by atoms with Crippen LogP contribution in [-0.2, 0) is 9.53 Å². The molecule has 0 saturated carbocycles. The highest BCUT2D eigenvalue weighted by Crippen LogP contribution is 2.30. The van der Waals surface area contributed by atoms with Crippen molar-refractivity contribution in [1.29, 1.82) is 0 Å². The van der Waals surface area contributed by atoms with Crippen LogP contribution >= 0.6 is 0 Å². The standard InChI is InChI=1S/C12H13FO2/c1-8-3-2-4-10(13)12(8)11-7-9(14)5-6-15-11/h2-4,11H,5-7H2,1H3. The Hall–Kier alpha value is -1.22. The number of rotatable bonds is 1. The minimum Gasteiger partial charge on any atom is -0.372 e. The van der Waals surface area contributed by atoms with Crippen LogP contribution in [0.4, 0.5) is 4.39 Å². The molecule has 15 heavy (non-hydrogen) atoms. The molecular formula is C12H13FO2. The number of benzene rings is 1. The molecule has 1 aliphatic heterocycles. The summed E-state index contributed by atoms with van der Waals surface area (Å²) >= 11 is 0. The highest BCUT2D eigenvalue weighted by molar-refractivity contribution is 5.79. The molecule has 1 saturated heterocycles. The zero-order chi connectivity index (χ0) is 10.8. The summed E-state index contributed by atoms with van der Waals surface area (Å²) in [6, 6.07) is 4.91. The smallest absolute Gasteiger partial charge is 0.138 e. The summed E-state index contributed by atoms with van der Waals surface area (Å²) in [4.78, 5) is 11.3. The van der Waals surface area contributed by atoms with Gasteiger partial charge in [0.25, 0.3) is 0 Å². The monoisotopic (exact) mass is 208 g/mol. The van der Waals surface area contributed by atoms with E-state index in [4.69, 9.17) is 4.74 Å². The number of carbonyl (C=O) groups is 1. The number of carbonyl (C=O) groups excluding carboxylic acids is 1. The molecule has 2 rings (SSSR count). The number of ketones is 1. The fourth-order valence-electron chi connectivity index (χ4n) is 1.92. The van der Waals surface area contributed by atoms with E-state index in [1.165, 1.54) is 6.07 Å². The number of ether oxygens (including phenoxy) is 1. The number of halogens is 1. The van der Waals surface area contributed by atoms with Crippen molar-refractivity contribution in [2.75, 3.05) is 6.61 Å². The van der Waals surface area contributed by atoms with Gasteiger partial charge in [0.1, 0.15) is 11.6 Å². The molecule has 1 aromatic rings. The van der Waals surface area contributed by atoms with E-state index in [9.17, 15) is 9.18 Å². The van der Waals surface area contributed by atoms with Crippen LogP contribution in [0.2, 0.25) is 0 Å². The van der Waals surface area contributed by atoms with Crippen molar-refractivity contribution in [1.82, 2.24) is 0 Å². The zero-order valence-electron chi connectivity index (χ0n) is 8.63. The lowest BCUT2D eigenvalue weighted by atomic mass is 9.96. The lowest BCUT2D eigenvalue weighted by molar-refractivity contribution is -0.128. The van der Waals surface area contributed by atoms with Gasteiger partial charge < -0.3 is 4.74 Å². The maximum Gasteiger partial charge on any atom is 0.138 e. The van der Waals surface area contributed by atoms with Crippen molar-refractivity contribution in [3.8, 4) is 0 Å². The van der Waals surface area contributed by atoms with Gasteiger partial charge in [-0.05, 0) is 18.6 Å². The Morgan fingerprint density at radius 2 is 2.27 bits per heavy atom. The minimum absolute atomic E-state index is 0.147. The molecular weight excluding hydrogens is 195 g/mol. The van der Waals surface area contributed by atoms with Crippen LogP contribution in [0.5, 0.6) is 0 Å². The van der Waals surface area contributed by atoms with Gasteiger partial charge in [-0.1, -0.05) is 12.1 Å². The van der Waals surface area contributed by atoms with Gasteiger partial charge in [0.15, 0.2) is 0 Å². The van der Waals surface area contributed by atoms with Crippen LogP contribution in [0.3, 0.4) is 0 Å². The molecule has 0 N–H and O–H groups in total. The Kier molecular flexibility index (Phi) is 2.82. The number of hydrogen-bond acceptors (Lipinski definition) is 2. The van der Waals surface area contributed by atoms with E-state index in [-0.39, 0.29) is 11.6 Å². The van der Waals surface area contributed by atoms with Crippen LogP contribution in [0.15, 0.2) is 18.2 Å². The van der Waals surface area contributed by atoms with Gasteiger partial charge in [0, 0.05) is 18.4 Å². The molecule has 0 spiro atoms. The summed E-state index contributed by atoms with van der Waals surface area (Å²) in [5, 5.41) is 0. The number of aryl methyl sites for hydroxylation is 1. The predicted octanol–water partition coefficient (Wildman–Crippen LogP) is 2.55. The van der Waals surface area contributed by atoms with Gasteiger partial charge in [-0.2, -0.15) is 0 Å². The number of hydrogen-bond donors (Lipinski definition) is 0. The minimum atomic E-state index is -0.396. The summed E-state index contributed by atoms with van der Waals surface area (Å²) in [6.45, 7) is 2.23. The largest absolute Gasteiger partial charge is 0.372 e. The average Bonchev–Trinajstić information content (AvgIpc) is 2.17.